The molecule has 1 aromatic carbocycles. The summed E-state index contributed by atoms with van der Waals surface area (Å²) in [5, 5.41) is 4.27. The van der Waals surface area contributed by atoms with Crippen LogP contribution in [0.5, 0.6) is 0 Å². The summed E-state index contributed by atoms with van der Waals surface area (Å²) in [6.07, 6.45) is 5.48. The van der Waals surface area contributed by atoms with Crippen molar-refractivity contribution in [3.63, 3.8) is 0 Å². The van der Waals surface area contributed by atoms with E-state index in [4.69, 9.17) is 11.6 Å². The Bertz CT molecular complexity index is 380. The molecule has 0 saturated heterocycles. The van der Waals surface area contributed by atoms with Gasteiger partial charge in [-0.05, 0) is 42.9 Å². The van der Waals surface area contributed by atoms with E-state index < -0.39 is 0 Å². The summed E-state index contributed by atoms with van der Waals surface area (Å²) < 4.78 is 1.03. The maximum atomic E-state index is 6.18. The maximum absolute atomic E-state index is 6.18. The van der Waals surface area contributed by atoms with Gasteiger partial charge in [-0.2, -0.15) is 0 Å². The minimum absolute atomic E-state index is 0.795. The fourth-order valence-corrected chi connectivity index (χ4v) is 3.37. The van der Waals surface area contributed by atoms with Gasteiger partial charge in [0.15, 0.2) is 0 Å². The van der Waals surface area contributed by atoms with Gasteiger partial charge in [-0.3, -0.25) is 0 Å². The molecule has 1 fully saturated rings. The molecular weight excluding hydrogens is 298 g/mol. The van der Waals surface area contributed by atoms with Crippen LogP contribution in [0.3, 0.4) is 0 Å². The van der Waals surface area contributed by atoms with Crippen molar-refractivity contribution in [2.45, 2.75) is 32.6 Å². The van der Waals surface area contributed by atoms with Gasteiger partial charge < -0.3 is 5.32 Å². The van der Waals surface area contributed by atoms with Gasteiger partial charge >= 0.3 is 0 Å². The molecule has 94 valence electrons. The zero-order valence-electron chi connectivity index (χ0n) is 10.2. The smallest absolute Gasteiger partial charge is 0.0648 e. The molecule has 0 aliphatic heterocycles. The van der Waals surface area contributed by atoms with Crippen LogP contribution in [-0.2, 0) is 0 Å². The lowest BCUT2D eigenvalue weighted by Crippen LogP contribution is -2.21. The highest BCUT2D eigenvalue weighted by atomic mass is 79.9. The van der Waals surface area contributed by atoms with E-state index in [1.165, 1.54) is 25.7 Å². The summed E-state index contributed by atoms with van der Waals surface area (Å²) in [6, 6.07) is 6.00. The highest BCUT2D eigenvalue weighted by Gasteiger charge is 2.18. The van der Waals surface area contributed by atoms with Gasteiger partial charge in [-0.1, -0.05) is 47.3 Å². The SMILES string of the molecule is CC1CCCC(CNc2ccc(Br)cc2Cl)C1. The number of nitrogens with one attached hydrogen (secondary N) is 1. The summed E-state index contributed by atoms with van der Waals surface area (Å²) in [7, 11) is 0. The Morgan fingerprint density at radius 2 is 2.24 bits per heavy atom. The lowest BCUT2D eigenvalue weighted by molar-refractivity contribution is 0.293. The molecule has 1 aliphatic rings. The third kappa shape index (κ3) is 3.89. The summed E-state index contributed by atoms with van der Waals surface area (Å²) in [5.74, 6) is 1.69. The Hall–Kier alpha value is -0.210. The highest BCUT2D eigenvalue weighted by molar-refractivity contribution is 9.10. The van der Waals surface area contributed by atoms with Gasteiger partial charge in [0.1, 0.15) is 0 Å². The molecule has 2 unspecified atom stereocenters. The van der Waals surface area contributed by atoms with Gasteiger partial charge in [-0.15, -0.1) is 0 Å². The second-order valence-corrected chi connectivity index (χ2v) is 6.47. The van der Waals surface area contributed by atoms with E-state index >= 15 is 0 Å². The Morgan fingerprint density at radius 3 is 2.94 bits per heavy atom. The first-order valence-electron chi connectivity index (χ1n) is 6.34. The van der Waals surface area contributed by atoms with Crippen LogP contribution in [0.25, 0.3) is 0 Å². The van der Waals surface area contributed by atoms with E-state index in [1.807, 2.05) is 18.2 Å². The topological polar surface area (TPSA) is 12.0 Å². The van der Waals surface area contributed by atoms with Crippen LogP contribution in [0.2, 0.25) is 5.02 Å². The Balaban J connectivity index is 1.88. The average Bonchev–Trinajstić information content (AvgIpc) is 2.28. The third-order valence-corrected chi connectivity index (χ3v) is 4.36. The van der Waals surface area contributed by atoms with Gasteiger partial charge in [-0.25, -0.2) is 0 Å². The van der Waals surface area contributed by atoms with Gasteiger partial charge in [0.2, 0.25) is 0 Å². The monoisotopic (exact) mass is 315 g/mol. The van der Waals surface area contributed by atoms with Crippen molar-refractivity contribution in [3.05, 3.63) is 27.7 Å². The van der Waals surface area contributed by atoms with E-state index in [2.05, 4.69) is 28.2 Å². The van der Waals surface area contributed by atoms with E-state index in [-0.39, 0.29) is 0 Å². The summed E-state index contributed by atoms with van der Waals surface area (Å²) in [5.41, 5.74) is 1.05. The van der Waals surface area contributed by atoms with E-state index in [0.29, 0.717) is 0 Å². The van der Waals surface area contributed by atoms with Crippen molar-refractivity contribution in [2.24, 2.45) is 11.8 Å². The van der Waals surface area contributed by atoms with Gasteiger partial charge in [0.05, 0.1) is 10.7 Å². The Morgan fingerprint density at radius 1 is 1.41 bits per heavy atom. The molecule has 0 radical (unpaired) electrons. The Kier molecular flexibility index (Phi) is 4.75. The molecule has 1 saturated carbocycles. The molecule has 1 nitrogen and oxygen atoms in total. The van der Waals surface area contributed by atoms with Crippen molar-refractivity contribution in [1.29, 1.82) is 0 Å². The zero-order chi connectivity index (χ0) is 12.3. The van der Waals surface area contributed by atoms with Crippen molar-refractivity contribution in [3.8, 4) is 0 Å². The first-order valence-corrected chi connectivity index (χ1v) is 7.51. The molecule has 1 N–H and O–H groups in total. The zero-order valence-corrected chi connectivity index (χ0v) is 12.5. The van der Waals surface area contributed by atoms with Crippen molar-refractivity contribution >= 4 is 33.2 Å². The second kappa shape index (κ2) is 6.10. The molecule has 0 spiro atoms. The summed E-state index contributed by atoms with van der Waals surface area (Å²) in [4.78, 5) is 0. The summed E-state index contributed by atoms with van der Waals surface area (Å²) >= 11 is 9.60. The number of anilines is 1. The summed E-state index contributed by atoms with van der Waals surface area (Å²) in [6.45, 7) is 3.41. The van der Waals surface area contributed by atoms with Crippen LogP contribution < -0.4 is 5.32 Å². The molecule has 17 heavy (non-hydrogen) atoms. The molecule has 3 heteroatoms. The van der Waals surface area contributed by atoms with Crippen LogP contribution in [0.4, 0.5) is 5.69 Å². The Labute approximate surface area is 117 Å². The molecule has 0 bridgehead atoms. The van der Waals surface area contributed by atoms with E-state index in [1.54, 1.807) is 0 Å². The normalized spacial score (nSPS) is 24.6. The minimum atomic E-state index is 0.795. The van der Waals surface area contributed by atoms with Crippen molar-refractivity contribution in [2.75, 3.05) is 11.9 Å². The maximum Gasteiger partial charge on any atom is 0.0648 e. The minimum Gasteiger partial charge on any atom is -0.384 e. The first kappa shape index (κ1) is 13.2. The lowest BCUT2D eigenvalue weighted by Gasteiger charge is -2.27. The fourth-order valence-electron chi connectivity index (χ4n) is 2.63. The van der Waals surface area contributed by atoms with Crippen molar-refractivity contribution in [1.82, 2.24) is 0 Å². The molecule has 1 aliphatic carbocycles. The number of benzene rings is 1. The molecule has 1 aromatic rings. The standard InChI is InChI=1S/C14H19BrClN/c1-10-3-2-4-11(7-10)9-17-14-6-5-12(15)8-13(14)16/h5-6,8,10-11,17H,2-4,7,9H2,1H3. The van der Waals surface area contributed by atoms with Crippen LogP contribution in [0, 0.1) is 11.8 Å². The fraction of sp³-hybridized carbons (Fsp3) is 0.571. The van der Waals surface area contributed by atoms with Crippen LogP contribution in [-0.4, -0.2) is 6.54 Å². The number of hydrogen-bond acceptors (Lipinski definition) is 1. The number of hydrogen-bond donors (Lipinski definition) is 1. The molecule has 0 aromatic heterocycles. The lowest BCUT2D eigenvalue weighted by atomic mass is 9.82. The van der Waals surface area contributed by atoms with Gasteiger partial charge in [0, 0.05) is 11.0 Å². The molecule has 2 atom stereocenters. The second-order valence-electron chi connectivity index (χ2n) is 5.14. The predicted molar refractivity (Wildman–Crippen MR) is 78.8 cm³/mol. The van der Waals surface area contributed by atoms with E-state index in [0.717, 1.165) is 33.6 Å². The van der Waals surface area contributed by atoms with E-state index in [9.17, 15) is 0 Å². The van der Waals surface area contributed by atoms with Crippen molar-refractivity contribution < 1.29 is 0 Å². The molecule has 0 heterocycles. The first-order chi connectivity index (χ1) is 8.15. The third-order valence-electron chi connectivity index (χ3n) is 3.56. The quantitative estimate of drug-likeness (QED) is 0.793. The predicted octanol–water partition coefficient (Wildman–Crippen LogP) is 5.34. The molecule has 0 amide bonds. The number of halogens is 2. The van der Waals surface area contributed by atoms with Crippen LogP contribution in [0.15, 0.2) is 22.7 Å². The largest absolute Gasteiger partial charge is 0.384 e. The highest BCUT2D eigenvalue weighted by Crippen LogP contribution is 2.30. The number of rotatable bonds is 3. The van der Waals surface area contributed by atoms with Crippen LogP contribution in [0.1, 0.15) is 32.6 Å². The van der Waals surface area contributed by atoms with Gasteiger partial charge in [0.25, 0.3) is 0 Å². The molecule has 2 rings (SSSR count). The molecular formula is C14H19BrClN. The average molecular weight is 317 g/mol. The van der Waals surface area contributed by atoms with Crippen LogP contribution >= 0.6 is 27.5 Å².